The standard InChI is InChI=1S/C18H22IN5O/c1-13-7-8-17(25)15(22-13)11-24-16-6-3-2-5-14(16)23-18(24)21-10-4-9-20-12-19/h2-3,5-8,20,25H,4,9-12H2,1H3,(H,21,23). The SMILES string of the molecule is Cc1ccc(O)c(Cn2c(NCCCNCI)nc3ccccc32)n1. The van der Waals surface area contributed by atoms with E-state index in [1.54, 1.807) is 6.07 Å². The third-order valence-electron chi connectivity index (χ3n) is 3.96. The number of hydrogen-bond acceptors (Lipinski definition) is 5. The van der Waals surface area contributed by atoms with Gasteiger partial charge in [0.05, 0.1) is 17.6 Å². The summed E-state index contributed by atoms with van der Waals surface area (Å²) in [4.78, 5) is 9.18. The highest BCUT2D eigenvalue weighted by atomic mass is 127. The van der Waals surface area contributed by atoms with Gasteiger partial charge in [0.2, 0.25) is 5.95 Å². The molecule has 3 rings (SSSR count). The minimum absolute atomic E-state index is 0.209. The fraction of sp³-hybridized carbons (Fsp3) is 0.333. The molecule has 2 aromatic heterocycles. The van der Waals surface area contributed by atoms with Crippen LogP contribution in [-0.2, 0) is 6.54 Å². The molecular weight excluding hydrogens is 429 g/mol. The molecule has 0 spiro atoms. The first-order valence-electron chi connectivity index (χ1n) is 8.30. The van der Waals surface area contributed by atoms with Gasteiger partial charge in [-0.15, -0.1) is 0 Å². The highest BCUT2D eigenvalue weighted by molar-refractivity contribution is 14.1. The van der Waals surface area contributed by atoms with E-state index in [9.17, 15) is 5.11 Å². The minimum atomic E-state index is 0.209. The number of nitrogens with zero attached hydrogens (tertiary/aromatic N) is 3. The van der Waals surface area contributed by atoms with Crippen LogP contribution in [0.15, 0.2) is 36.4 Å². The smallest absolute Gasteiger partial charge is 0.204 e. The average Bonchev–Trinajstić information content (AvgIpc) is 2.96. The molecule has 0 amide bonds. The number of aromatic hydroxyl groups is 1. The van der Waals surface area contributed by atoms with Crippen molar-refractivity contribution in [3.8, 4) is 5.75 Å². The second-order valence-corrected chi connectivity index (χ2v) is 6.61. The molecule has 25 heavy (non-hydrogen) atoms. The molecule has 3 aromatic rings. The highest BCUT2D eigenvalue weighted by Crippen LogP contribution is 2.23. The van der Waals surface area contributed by atoms with Crippen LogP contribution in [0, 0.1) is 6.92 Å². The highest BCUT2D eigenvalue weighted by Gasteiger charge is 2.13. The van der Waals surface area contributed by atoms with Crippen molar-refractivity contribution in [1.29, 1.82) is 0 Å². The lowest BCUT2D eigenvalue weighted by molar-refractivity contribution is 0.461. The summed E-state index contributed by atoms with van der Waals surface area (Å²) in [6, 6.07) is 11.5. The number of benzene rings is 1. The van der Waals surface area contributed by atoms with Crippen molar-refractivity contribution < 1.29 is 5.11 Å². The fourth-order valence-electron chi connectivity index (χ4n) is 2.72. The number of aromatic nitrogens is 3. The van der Waals surface area contributed by atoms with Crippen LogP contribution < -0.4 is 10.6 Å². The largest absolute Gasteiger partial charge is 0.506 e. The first-order valence-corrected chi connectivity index (χ1v) is 9.83. The Kier molecular flexibility index (Phi) is 6.09. The number of imidazole rings is 1. The molecule has 7 heteroatoms. The number of anilines is 1. The summed E-state index contributed by atoms with van der Waals surface area (Å²) in [7, 11) is 0. The summed E-state index contributed by atoms with van der Waals surface area (Å²) in [6.07, 6.45) is 1.01. The predicted octanol–water partition coefficient (Wildman–Crippen LogP) is 3.28. The predicted molar refractivity (Wildman–Crippen MR) is 109 cm³/mol. The van der Waals surface area contributed by atoms with Crippen LogP contribution in [0.3, 0.4) is 0 Å². The maximum Gasteiger partial charge on any atom is 0.204 e. The molecule has 0 bridgehead atoms. The molecule has 0 saturated carbocycles. The molecular formula is C18H22IN5O. The molecule has 0 radical (unpaired) electrons. The number of para-hydroxylation sites is 2. The van der Waals surface area contributed by atoms with E-state index in [0.29, 0.717) is 12.2 Å². The van der Waals surface area contributed by atoms with Crippen molar-refractivity contribution in [3.63, 3.8) is 0 Å². The van der Waals surface area contributed by atoms with Gasteiger partial charge in [-0.3, -0.25) is 4.98 Å². The molecule has 1 aromatic carbocycles. The van der Waals surface area contributed by atoms with Gasteiger partial charge >= 0.3 is 0 Å². The van der Waals surface area contributed by atoms with Crippen LogP contribution in [0.4, 0.5) is 5.95 Å². The molecule has 0 aliphatic heterocycles. The van der Waals surface area contributed by atoms with E-state index in [2.05, 4.69) is 42.8 Å². The molecule has 6 nitrogen and oxygen atoms in total. The van der Waals surface area contributed by atoms with Gasteiger partial charge in [-0.05, 0) is 44.2 Å². The van der Waals surface area contributed by atoms with E-state index in [1.807, 2.05) is 37.3 Å². The summed E-state index contributed by atoms with van der Waals surface area (Å²) in [5.41, 5.74) is 3.50. The van der Waals surface area contributed by atoms with Gasteiger partial charge in [-0.1, -0.05) is 34.7 Å². The number of fused-ring (bicyclic) bond motifs is 1. The summed E-state index contributed by atoms with van der Waals surface area (Å²) >= 11 is 2.30. The Morgan fingerprint density at radius 2 is 1.96 bits per heavy atom. The minimum Gasteiger partial charge on any atom is -0.506 e. The van der Waals surface area contributed by atoms with E-state index in [4.69, 9.17) is 4.98 Å². The Balaban J connectivity index is 1.86. The molecule has 0 aliphatic carbocycles. The Morgan fingerprint density at radius 1 is 1.12 bits per heavy atom. The zero-order valence-electron chi connectivity index (χ0n) is 14.2. The molecule has 0 aliphatic rings. The summed E-state index contributed by atoms with van der Waals surface area (Å²) in [5.74, 6) is 1.01. The zero-order valence-corrected chi connectivity index (χ0v) is 16.3. The van der Waals surface area contributed by atoms with Crippen LogP contribution in [-0.4, -0.2) is 37.3 Å². The lowest BCUT2D eigenvalue weighted by atomic mass is 10.2. The number of halogens is 1. The van der Waals surface area contributed by atoms with Gasteiger partial charge in [-0.25, -0.2) is 4.98 Å². The number of aryl methyl sites for hydroxylation is 1. The summed E-state index contributed by atoms with van der Waals surface area (Å²) in [5, 5.41) is 16.9. The number of rotatable bonds is 8. The summed E-state index contributed by atoms with van der Waals surface area (Å²) in [6.45, 7) is 4.20. The second-order valence-electron chi connectivity index (χ2n) is 5.84. The molecule has 0 unspecified atom stereocenters. The quantitative estimate of drug-likeness (QED) is 0.212. The lowest BCUT2D eigenvalue weighted by Crippen LogP contribution is -2.17. The van der Waals surface area contributed by atoms with Crippen molar-refractivity contribution in [3.05, 3.63) is 47.8 Å². The topological polar surface area (TPSA) is 75.0 Å². The Bertz CT molecular complexity index is 849. The molecule has 0 fully saturated rings. The van der Waals surface area contributed by atoms with Crippen LogP contribution in [0.2, 0.25) is 0 Å². The molecule has 0 atom stereocenters. The van der Waals surface area contributed by atoms with Crippen LogP contribution >= 0.6 is 22.6 Å². The van der Waals surface area contributed by atoms with Crippen molar-refractivity contribution >= 4 is 39.6 Å². The van der Waals surface area contributed by atoms with Gasteiger partial charge in [0.1, 0.15) is 11.4 Å². The van der Waals surface area contributed by atoms with Crippen molar-refractivity contribution in [2.45, 2.75) is 19.9 Å². The van der Waals surface area contributed by atoms with E-state index in [0.717, 1.165) is 46.7 Å². The normalized spacial score (nSPS) is 11.1. The third kappa shape index (κ3) is 4.40. The van der Waals surface area contributed by atoms with Crippen molar-refractivity contribution in [2.75, 3.05) is 23.0 Å². The van der Waals surface area contributed by atoms with E-state index in [1.165, 1.54) is 0 Å². The van der Waals surface area contributed by atoms with Crippen LogP contribution in [0.1, 0.15) is 17.8 Å². The van der Waals surface area contributed by atoms with Crippen molar-refractivity contribution in [1.82, 2.24) is 19.9 Å². The first-order chi connectivity index (χ1) is 12.2. The lowest BCUT2D eigenvalue weighted by Gasteiger charge is -2.12. The van der Waals surface area contributed by atoms with Gasteiger partial charge in [-0.2, -0.15) is 0 Å². The third-order valence-corrected chi connectivity index (χ3v) is 4.50. The second kappa shape index (κ2) is 8.48. The first kappa shape index (κ1) is 17.9. The van der Waals surface area contributed by atoms with Crippen molar-refractivity contribution in [2.24, 2.45) is 0 Å². The average molecular weight is 451 g/mol. The van der Waals surface area contributed by atoms with E-state index < -0.39 is 0 Å². The molecule has 132 valence electrons. The Hall–Kier alpha value is -1.87. The monoisotopic (exact) mass is 451 g/mol. The number of hydrogen-bond donors (Lipinski definition) is 3. The maximum absolute atomic E-state index is 10.1. The molecule has 0 saturated heterocycles. The van der Waals surface area contributed by atoms with Gasteiger partial charge in [0.15, 0.2) is 0 Å². The number of alkyl halides is 1. The molecule has 2 heterocycles. The van der Waals surface area contributed by atoms with E-state index in [-0.39, 0.29) is 5.75 Å². The van der Waals surface area contributed by atoms with Crippen LogP contribution in [0.5, 0.6) is 5.75 Å². The Labute approximate surface area is 160 Å². The zero-order chi connectivity index (χ0) is 17.6. The van der Waals surface area contributed by atoms with Gasteiger partial charge in [0, 0.05) is 16.8 Å². The molecule has 3 N–H and O–H groups in total. The number of pyridine rings is 1. The van der Waals surface area contributed by atoms with Gasteiger partial charge < -0.3 is 20.3 Å². The number of nitrogens with one attached hydrogen (secondary N) is 2. The fourth-order valence-corrected chi connectivity index (χ4v) is 3.10. The van der Waals surface area contributed by atoms with Gasteiger partial charge in [0.25, 0.3) is 0 Å². The maximum atomic E-state index is 10.1. The summed E-state index contributed by atoms with van der Waals surface area (Å²) < 4.78 is 3.02. The van der Waals surface area contributed by atoms with Crippen LogP contribution in [0.25, 0.3) is 11.0 Å². The Morgan fingerprint density at radius 3 is 2.80 bits per heavy atom. The van der Waals surface area contributed by atoms with E-state index >= 15 is 0 Å².